The molecule has 2 aromatic rings. The number of rotatable bonds is 8. The van der Waals surface area contributed by atoms with E-state index in [-0.39, 0.29) is 23.7 Å². The molecular formula is C19H23Cl2N3O3S. The zero-order chi connectivity index (χ0) is 20.6. The normalized spacial score (nSPS) is 13.2. The topological polar surface area (TPSA) is 90.8 Å². The van der Waals surface area contributed by atoms with Gasteiger partial charge in [-0.2, -0.15) is 0 Å². The first kappa shape index (κ1) is 22.5. The first-order valence-electron chi connectivity index (χ1n) is 8.76. The van der Waals surface area contributed by atoms with Crippen LogP contribution in [0.4, 0.5) is 0 Å². The number of guanidine groups is 1. The van der Waals surface area contributed by atoms with Crippen molar-refractivity contribution in [2.24, 2.45) is 4.99 Å². The average molecular weight is 444 g/mol. The van der Waals surface area contributed by atoms with E-state index in [1.165, 1.54) is 0 Å². The second kappa shape index (κ2) is 10.7. The molecule has 0 aromatic heterocycles. The molecule has 28 heavy (non-hydrogen) atoms. The molecule has 0 aliphatic rings. The van der Waals surface area contributed by atoms with Gasteiger partial charge in [-0.3, -0.25) is 4.99 Å². The van der Waals surface area contributed by atoms with Gasteiger partial charge in [0.25, 0.3) is 0 Å². The maximum absolute atomic E-state index is 12.3. The lowest BCUT2D eigenvalue weighted by atomic mass is 10.1. The van der Waals surface area contributed by atoms with Crippen LogP contribution in [0.15, 0.2) is 58.4 Å². The number of hydrogen-bond acceptors (Lipinski definition) is 4. The van der Waals surface area contributed by atoms with E-state index in [9.17, 15) is 13.5 Å². The molecule has 2 rings (SSSR count). The van der Waals surface area contributed by atoms with Crippen LogP contribution in [0.3, 0.4) is 0 Å². The molecule has 0 heterocycles. The van der Waals surface area contributed by atoms with E-state index in [4.69, 9.17) is 23.2 Å². The summed E-state index contributed by atoms with van der Waals surface area (Å²) in [5.74, 6) is 0.339. The quantitative estimate of drug-likeness (QED) is 0.430. The molecule has 6 nitrogen and oxygen atoms in total. The van der Waals surface area contributed by atoms with E-state index in [1.54, 1.807) is 48.5 Å². The van der Waals surface area contributed by atoms with Gasteiger partial charge in [-0.1, -0.05) is 41.4 Å². The van der Waals surface area contributed by atoms with Gasteiger partial charge in [0, 0.05) is 23.1 Å². The maximum atomic E-state index is 12.3. The molecule has 0 spiro atoms. The van der Waals surface area contributed by atoms with Gasteiger partial charge in [0.1, 0.15) is 0 Å². The van der Waals surface area contributed by atoms with Crippen LogP contribution in [0, 0.1) is 0 Å². The molecule has 3 N–H and O–H groups in total. The highest BCUT2D eigenvalue weighted by Gasteiger charge is 2.14. The van der Waals surface area contributed by atoms with Gasteiger partial charge in [0.05, 0.1) is 23.3 Å². The number of aliphatic hydroxyl groups is 1. The third-order valence-corrected chi connectivity index (χ3v) is 5.97. The molecule has 1 atom stereocenters. The summed E-state index contributed by atoms with van der Waals surface area (Å²) < 4.78 is 24.6. The lowest BCUT2D eigenvalue weighted by molar-refractivity contribution is 0.187. The van der Waals surface area contributed by atoms with Gasteiger partial charge < -0.3 is 15.7 Å². The van der Waals surface area contributed by atoms with Crippen LogP contribution < -0.4 is 10.6 Å². The highest BCUT2D eigenvalue weighted by Crippen LogP contribution is 2.23. The second-order valence-electron chi connectivity index (χ2n) is 6.00. The molecule has 0 aliphatic heterocycles. The zero-order valence-electron chi connectivity index (χ0n) is 15.4. The van der Waals surface area contributed by atoms with Crippen molar-refractivity contribution in [2.45, 2.75) is 17.9 Å². The van der Waals surface area contributed by atoms with Gasteiger partial charge in [-0.05, 0) is 42.8 Å². The SMILES string of the molecule is CCNC(=NCC(O)c1cc(Cl)cc(Cl)c1)NCCS(=O)(=O)c1ccccc1. The van der Waals surface area contributed by atoms with E-state index in [2.05, 4.69) is 15.6 Å². The molecule has 2 aromatic carbocycles. The van der Waals surface area contributed by atoms with Crippen molar-refractivity contribution >= 4 is 39.0 Å². The minimum atomic E-state index is -3.38. The van der Waals surface area contributed by atoms with Gasteiger partial charge >= 0.3 is 0 Å². The number of hydrogen-bond donors (Lipinski definition) is 3. The summed E-state index contributed by atoms with van der Waals surface area (Å²) in [4.78, 5) is 4.59. The summed E-state index contributed by atoms with van der Waals surface area (Å²) in [5, 5.41) is 17.2. The first-order valence-corrected chi connectivity index (χ1v) is 11.2. The molecule has 0 fully saturated rings. The largest absolute Gasteiger partial charge is 0.386 e. The molecule has 152 valence electrons. The van der Waals surface area contributed by atoms with Gasteiger partial charge in [-0.15, -0.1) is 0 Å². The Morgan fingerprint density at radius 3 is 2.36 bits per heavy atom. The highest BCUT2D eigenvalue weighted by molar-refractivity contribution is 7.91. The minimum absolute atomic E-state index is 0.0669. The molecule has 0 saturated carbocycles. The third-order valence-electron chi connectivity index (χ3n) is 3.80. The number of aliphatic hydroxyl groups excluding tert-OH is 1. The van der Waals surface area contributed by atoms with Crippen molar-refractivity contribution < 1.29 is 13.5 Å². The Hall–Kier alpha value is -1.80. The van der Waals surface area contributed by atoms with Crippen LogP contribution in [-0.2, 0) is 9.84 Å². The van der Waals surface area contributed by atoms with Crippen molar-refractivity contribution in [3.05, 3.63) is 64.1 Å². The van der Waals surface area contributed by atoms with Gasteiger partial charge in [-0.25, -0.2) is 8.42 Å². The number of benzene rings is 2. The molecule has 0 saturated heterocycles. The predicted molar refractivity (Wildman–Crippen MR) is 114 cm³/mol. The molecular weight excluding hydrogens is 421 g/mol. The monoisotopic (exact) mass is 443 g/mol. The van der Waals surface area contributed by atoms with Crippen LogP contribution in [0.2, 0.25) is 10.0 Å². The maximum Gasteiger partial charge on any atom is 0.191 e. The zero-order valence-corrected chi connectivity index (χ0v) is 17.7. The van der Waals surface area contributed by atoms with E-state index in [0.717, 1.165) is 0 Å². The van der Waals surface area contributed by atoms with Gasteiger partial charge in [0.15, 0.2) is 15.8 Å². The average Bonchev–Trinajstić information content (AvgIpc) is 2.65. The first-order chi connectivity index (χ1) is 13.3. The van der Waals surface area contributed by atoms with E-state index in [0.29, 0.717) is 28.1 Å². The van der Waals surface area contributed by atoms with Crippen LogP contribution in [0.5, 0.6) is 0 Å². The Kier molecular flexibility index (Phi) is 8.57. The van der Waals surface area contributed by atoms with Crippen molar-refractivity contribution in [3.8, 4) is 0 Å². The predicted octanol–water partition coefficient (Wildman–Crippen LogP) is 3.06. The summed E-state index contributed by atoms with van der Waals surface area (Å²) in [6.07, 6.45) is -0.889. The number of halogens is 2. The Morgan fingerprint density at radius 2 is 1.75 bits per heavy atom. The van der Waals surface area contributed by atoms with Crippen molar-refractivity contribution in [1.82, 2.24) is 10.6 Å². The summed E-state index contributed by atoms with van der Waals surface area (Å²) in [5.41, 5.74) is 0.559. The number of sulfone groups is 1. The highest BCUT2D eigenvalue weighted by atomic mass is 35.5. The van der Waals surface area contributed by atoms with Gasteiger partial charge in [0.2, 0.25) is 0 Å². The summed E-state index contributed by atoms with van der Waals surface area (Å²) in [6, 6.07) is 13.1. The van der Waals surface area contributed by atoms with Crippen LogP contribution in [-0.4, -0.2) is 44.9 Å². The molecule has 0 aliphatic carbocycles. The number of nitrogens with zero attached hydrogens (tertiary/aromatic N) is 1. The van der Waals surface area contributed by atoms with Crippen LogP contribution in [0.1, 0.15) is 18.6 Å². The summed E-state index contributed by atoms with van der Waals surface area (Å²) >= 11 is 11.9. The van der Waals surface area contributed by atoms with E-state index < -0.39 is 15.9 Å². The molecule has 0 radical (unpaired) electrons. The van der Waals surface area contributed by atoms with Crippen LogP contribution >= 0.6 is 23.2 Å². The fourth-order valence-corrected chi connectivity index (χ4v) is 4.16. The molecule has 0 bridgehead atoms. The van der Waals surface area contributed by atoms with Crippen molar-refractivity contribution in [1.29, 1.82) is 0 Å². The smallest absolute Gasteiger partial charge is 0.191 e. The van der Waals surface area contributed by atoms with Crippen molar-refractivity contribution in [2.75, 3.05) is 25.4 Å². The van der Waals surface area contributed by atoms with E-state index >= 15 is 0 Å². The number of nitrogens with one attached hydrogen (secondary N) is 2. The van der Waals surface area contributed by atoms with E-state index in [1.807, 2.05) is 6.92 Å². The second-order valence-corrected chi connectivity index (χ2v) is 8.98. The minimum Gasteiger partial charge on any atom is -0.386 e. The third kappa shape index (κ3) is 6.98. The van der Waals surface area contributed by atoms with Crippen LogP contribution in [0.25, 0.3) is 0 Å². The standard InChI is InChI=1S/C19H23Cl2N3O3S/c1-2-22-19(23-8-9-28(26,27)17-6-4-3-5-7-17)24-13-18(25)14-10-15(20)12-16(21)11-14/h3-7,10-12,18,25H,2,8-9,13H2,1H3,(H2,22,23,24). The Morgan fingerprint density at radius 1 is 1.11 bits per heavy atom. The fourth-order valence-electron chi connectivity index (χ4n) is 2.44. The molecule has 0 amide bonds. The number of aliphatic imine (C=N–C) groups is 1. The summed E-state index contributed by atoms with van der Waals surface area (Å²) in [7, 11) is -3.38. The lowest BCUT2D eigenvalue weighted by Gasteiger charge is -2.14. The lowest BCUT2D eigenvalue weighted by Crippen LogP contribution is -2.39. The summed E-state index contributed by atoms with van der Waals surface area (Å²) in [6.45, 7) is 2.74. The van der Waals surface area contributed by atoms with Crippen molar-refractivity contribution in [3.63, 3.8) is 0 Å². The Bertz CT molecular complexity index is 886. The molecule has 1 unspecified atom stereocenters. The fraction of sp³-hybridized carbons (Fsp3) is 0.316. The molecule has 9 heteroatoms. The Labute approximate surface area is 175 Å². The Balaban J connectivity index is 1.96.